The Morgan fingerprint density at radius 3 is 2.03 bits per heavy atom. The maximum atomic E-state index is 12.3. The lowest BCUT2D eigenvalue weighted by molar-refractivity contribution is -0.120. The van der Waals surface area contributed by atoms with Crippen molar-refractivity contribution in [1.82, 2.24) is 25.1 Å². The largest absolute Gasteiger partial charge is 0.356 e. The highest BCUT2D eigenvalue weighted by Gasteiger charge is 2.24. The van der Waals surface area contributed by atoms with E-state index in [1.807, 2.05) is 24.3 Å². The number of carbonyl (C=O) groups excluding carboxylic acids is 1. The number of hydrogen-bond acceptors (Lipinski definition) is 3. The lowest BCUT2D eigenvalue weighted by Gasteiger charge is -2.16. The van der Waals surface area contributed by atoms with E-state index in [9.17, 15) is 4.79 Å². The van der Waals surface area contributed by atoms with E-state index in [1.54, 1.807) is 4.63 Å². The van der Waals surface area contributed by atoms with Crippen LogP contribution >= 0.6 is 11.6 Å². The van der Waals surface area contributed by atoms with Crippen molar-refractivity contribution in [3.8, 4) is 11.4 Å². The Kier molecular flexibility index (Phi) is 11.5. The van der Waals surface area contributed by atoms with Crippen molar-refractivity contribution < 1.29 is 4.79 Å². The zero-order valence-electron chi connectivity index (χ0n) is 23.3. The first-order valence-corrected chi connectivity index (χ1v) is 14.7. The summed E-state index contributed by atoms with van der Waals surface area (Å²) in [5.74, 6) is 0.683. The van der Waals surface area contributed by atoms with Gasteiger partial charge in [-0.3, -0.25) is 9.89 Å². The van der Waals surface area contributed by atoms with Gasteiger partial charge in [-0.05, 0) is 12.0 Å². The van der Waals surface area contributed by atoms with Crippen molar-refractivity contribution in [2.24, 2.45) is 0 Å². The number of carbonyl (C=O) groups is 1. The van der Waals surface area contributed by atoms with Crippen LogP contribution in [0.1, 0.15) is 116 Å². The molecular weight excluding hydrogens is 482 g/mol. The van der Waals surface area contributed by atoms with Gasteiger partial charge in [-0.25, -0.2) is 4.98 Å². The molecule has 2 heterocycles. The Bertz CT molecular complexity index is 1090. The molecule has 3 aromatic rings. The molecule has 0 spiro atoms. The van der Waals surface area contributed by atoms with Crippen LogP contribution in [0.2, 0.25) is 5.02 Å². The molecule has 2 N–H and O–H groups in total. The van der Waals surface area contributed by atoms with Gasteiger partial charge in [0.15, 0.2) is 11.5 Å². The summed E-state index contributed by atoms with van der Waals surface area (Å²) < 4.78 is 1.63. The van der Waals surface area contributed by atoms with Crippen LogP contribution in [0.4, 0.5) is 0 Å². The second-order valence-electron chi connectivity index (χ2n) is 11.3. The quantitative estimate of drug-likeness (QED) is 0.185. The predicted molar refractivity (Wildman–Crippen MR) is 154 cm³/mol. The fourth-order valence-electron chi connectivity index (χ4n) is 4.63. The maximum absolute atomic E-state index is 12.3. The van der Waals surface area contributed by atoms with Crippen molar-refractivity contribution in [3.05, 3.63) is 40.5 Å². The third-order valence-corrected chi connectivity index (χ3v) is 7.28. The monoisotopic (exact) mass is 527 g/mol. The van der Waals surface area contributed by atoms with Crippen LogP contribution in [0, 0.1) is 0 Å². The minimum absolute atomic E-state index is 0.0748. The van der Waals surface area contributed by atoms with Gasteiger partial charge < -0.3 is 5.32 Å². The Morgan fingerprint density at radius 2 is 1.49 bits per heavy atom. The molecular formula is C30H46ClN5O. The molecule has 2 aromatic heterocycles. The van der Waals surface area contributed by atoms with Crippen LogP contribution < -0.4 is 5.32 Å². The van der Waals surface area contributed by atoms with E-state index >= 15 is 0 Å². The molecule has 0 unspecified atom stereocenters. The second-order valence-corrected chi connectivity index (χ2v) is 11.7. The predicted octanol–water partition coefficient (Wildman–Crippen LogP) is 8.04. The van der Waals surface area contributed by atoms with Crippen LogP contribution in [-0.2, 0) is 16.6 Å². The molecule has 0 bridgehead atoms. The molecule has 204 valence electrons. The summed E-state index contributed by atoms with van der Waals surface area (Å²) in [5, 5.41) is 11.5. The lowest BCUT2D eigenvalue weighted by Crippen LogP contribution is -2.26. The summed E-state index contributed by atoms with van der Waals surface area (Å²) in [6.07, 6.45) is 16.3. The first-order valence-electron chi connectivity index (χ1n) is 14.3. The molecule has 7 heteroatoms. The normalized spacial score (nSPS) is 11.9. The number of aromatic nitrogens is 4. The van der Waals surface area contributed by atoms with Crippen molar-refractivity contribution in [1.29, 1.82) is 0 Å². The zero-order chi connectivity index (χ0) is 26.7. The number of H-pyrrole nitrogens is 1. The summed E-state index contributed by atoms with van der Waals surface area (Å²) in [6, 6.07) is 7.86. The minimum Gasteiger partial charge on any atom is -0.356 e. The number of nitrogens with zero attached hydrogens (tertiary/aromatic N) is 3. The van der Waals surface area contributed by atoms with Crippen molar-refractivity contribution in [2.45, 2.75) is 117 Å². The number of aromatic amines is 1. The Hall–Kier alpha value is -2.34. The van der Waals surface area contributed by atoms with Gasteiger partial charge in [0.2, 0.25) is 5.91 Å². The van der Waals surface area contributed by atoms with Gasteiger partial charge in [-0.1, -0.05) is 134 Å². The summed E-state index contributed by atoms with van der Waals surface area (Å²) in [6.45, 7) is 9.32. The number of nitrogens with one attached hydrogen (secondary N) is 2. The fourth-order valence-corrected chi connectivity index (χ4v) is 5.08. The number of benzene rings is 1. The summed E-state index contributed by atoms with van der Waals surface area (Å²) >= 11 is 6.54. The number of rotatable bonds is 16. The Labute approximate surface area is 228 Å². The van der Waals surface area contributed by atoms with E-state index < -0.39 is 0 Å². The average Bonchev–Trinajstić information content (AvgIpc) is 3.42. The smallest absolute Gasteiger partial charge is 0.224 e. The molecule has 0 fully saturated rings. The summed E-state index contributed by atoms with van der Waals surface area (Å²) in [7, 11) is 0. The molecule has 0 saturated carbocycles. The number of halogens is 1. The van der Waals surface area contributed by atoms with E-state index in [2.05, 4.69) is 48.2 Å². The van der Waals surface area contributed by atoms with Gasteiger partial charge in [0.25, 0.3) is 0 Å². The van der Waals surface area contributed by atoms with Crippen LogP contribution in [0.15, 0.2) is 24.3 Å². The molecule has 1 aromatic carbocycles. The summed E-state index contributed by atoms with van der Waals surface area (Å²) in [4.78, 5) is 17.0. The van der Waals surface area contributed by atoms with Crippen LogP contribution in [0.3, 0.4) is 0 Å². The average molecular weight is 528 g/mol. The van der Waals surface area contributed by atoms with E-state index in [4.69, 9.17) is 11.6 Å². The molecule has 0 saturated heterocycles. The second kappa shape index (κ2) is 14.6. The lowest BCUT2D eigenvalue weighted by atomic mass is 9.92. The molecule has 0 radical (unpaired) electrons. The highest BCUT2D eigenvalue weighted by molar-refractivity contribution is 6.34. The topological polar surface area (TPSA) is 75.1 Å². The van der Waals surface area contributed by atoms with Crippen molar-refractivity contribution in [2.75, 3.05) is 6.54 Å². The maximum Gasteiger partial charge on any atom is 0.224 e. The molecule has 1 amide bonds. The van der Waals surface area contributed by atoms with E-state index in [1.165, 1.54) is 70.6 Å². The molecule has 0 aliphatic rings. The zero-order valence-corrected chi connectivity index (χ0v) is 24.1. The van der Waals surface area contributed by atoms with Crippen molar-refractivity contribution >= 4 is 23.2 Å². The SMILES string of the molecule is CCCCCCCCCCCCCCNC(=O)Cc1ccc(-c2nc3c(Cl)c(C(C)(C)C)[nH]n3n2)cc1. The third-order valence-electron chi connectivity index (χ3n) is 6.92. The molecule has 6 nitrogen and oxygen atoms in total. The van der Waals surface area contributed by atoms with E-state index in [-0.39, 0.29) is 11.3 Å². The van der Waals surface area contributed by atoms with Gasteiger partial charge in [0.05, 0.1) is 12.1 Å². The molecule has 0 aliphatic carbocycles. The Morgan fingerprint density at radius 1 is 0.919 bits per heavy atom. The number of amides is 1. The first kappa shape index (κ1) is 29.2. The standard InChI is InChI=1S/C30H46ClN5O/c1-5-6-7-8-9-10-11-12-13-14-15-16-21-32-25(37)22-23-17-19-24(20-18-23)28-33-29-26(31)27(30(2,3)4)34-36(29)35-28/h17-20,34H,5-16,21-22H2,1-4H3,(H,32,37). The molecule has 37 heavy (non-hydrogen) atoms. The highest BCUT2D eigenvalue weighted by atomic mass is 35.5. The number of fused-ring (bicyclic) bond motifs is 1. The highest BCUT2D eigenvalue weighted by Crippen LogP contribution is 2.31. The van der Waals surface area contributed by atoms with Crippen molar-refractivity contribution in [3.63, 3.8) is 0 Å². The summed E-state index contributed by atoms with van der Waals surface area (Å²) in [5.41, 5.74) is 3.30. The fraction of sp³-hybridized carbons (Fsp3) is 0.633. The van der Waals surface area contributed by atoms with E-state index in [0.29, 0.717) is 22.9 Å². The molecule has 0 aliphatic heterocycles. The third kappa shape index (κ3) is 9.17. The van der Waals surface area contributed by atoms with Gasteiger partial charge in [0, 0.05) is 17.5 Å². The minimum atomic E-state index is -0.116. The number of unbranched alkanes of at least 4 members (excludes halogenated alkanes) is 11. The van der Waals surface area contributed by atoms with E-state index in [0.717, 1.165) is 29.8 Å². The number of hydrogen-bond donors (Lipinski definition) is 2. The Balaban J connectivity index is 1.31. The van der Waals surface area contributed by atoms with Gasteiger partial charge in [-0.2, -0.15) is 4.63 Å². The van der Waals surface area contributed by atoms with Crippen LogP contribution in [-0.4, -0.2) is 32.3 Å². The van der Waals surface area contributed by atoms with Crippen LogP contribution in [0.5, 0.6) is 0 Å². The molecule has 0 atom stereocenters. The van der Waals surface area contributed by atoms with Crippen LogP contribution in [0.25, 0.3) is 17.0 Å². The van der Waals surface area contributed by atoms with Gasteiger partial charge >= 0.3 is 0 Å². The molecule has 3 rings (SSSR count). The first-order chi connectivity index (χ1) is 17.8. The van der Waals surface area contributed by atoms with Gasteiger partial charge in [-0.15, -0.1) is 5.10 Å². The van der Waals surface area contributed by atoms with Gasteiger partial charge in [0.1, 0.15) is 5.02 Å².